The molecule has 0 radical (unpaired) electrons. The molecule has 0 bridgehead atoms. The first-order chi connectivity index (χ1) is 21.0. The van der Waals surface area contributed by atoms with Crippen molar-refractivity contribution in [3.8, 4) is 0 Å². The highest BCUT2D eigenvalue weighted by Gasteiger charge is 2.34. The highest BCUT2D eigenvalue weighted by Crippen LogP contribution is 2.28. The van der Waals surface area contributed by atoms with E-state index in [-0.39, 0.29) is 17.9 Å². The van der Waals surface area contributed by atoms with E-state index in [9.17, 15) is 18.0 Å². The molecule has 11 heteroatoms. The summed E-state index contributed by atoms with van der Waals surface area (Å²) in [6, 6.07) is 26.7. The number of likely N-dealkylation sites (N-methyl/N-ethyl adjacent to an activating group) is 1. The summed E-state index contributed by atoms with van der Waals surface area (Å²) in [4.78, 5) is 30.1. The van der Waals surface area contributed by atoms with Crippen LogP contribution in [0.15, 0.2) is 107 Å². The van der Waals surface area contributed by atoms with Crippen LogP contribution in [0, 0.1) is 6.92 Å². The van der Waals surface area contributed by atoms with Gasteiger partial charge in [-0.15, -0.1) is 11.8 Å². The highest BCUT2D eigenvalue weighted by atomic mass is 35.5. The maximum absolute atomic E-state index is 14.4. The molecule has 0 heterocycles. The zero-order valence-corrected chi connectivity index (χ0v) is 27.7. The molecule has 4 rings (SSSR count). The van der Waals surface area contributed by atoms with Crippen molar-refractivity contribution in [1.82, 2.24) is 10.2 Å². The summed E-state index contributed by atoms with van der Waals surface area (Å²) >= 11 is 14.1. The summed E-state index contributed by atoms with van der Waals surface area (Å²) in [5, 5.41) is 3.41. The van der Waals surface area contributed by atoms with Crippen molar-refractivity contribution in [2.45, 2.75) is 35.7 Å². The first-order valence-electron chi connectivity index (χ1n) is 13.8. The molecule has 0 aromatic heterocycles. The molecule has 0 aliphatic heterocycles. The maximum Gasteiger partial charge on any atom is 0.264 e. The Labute approximate surface area is 273 Å². The molecule has 7 nitrogen and oxygen atoms in total. The number of nitrogens with zero attached hydrogens (tertiary/aromatic N) is 2. The number of amides is 2. The summed E-state index contributed by atoms with van der Waals surface area (Å²) in [5.41, 5.74) is 2.65. The Morgan fingerprint density at radius 3 is 2.16 bits per heavy atom. The molecule has 0 spiro atoms. The fourth-order valence-electron chi connectivity index (χ4n) is 4.67. The van der Waals surface area contributed by atoms with Crippen molar-refractivity contribution in [3.05, 3.63) is 124 Å². The van der Waals surface area contributed by atoms with Crippen molar-refractivity contribution in [2.75, 3.05) is 24.2 Å². The summed E-state index contributed by atoms with van der Waals surface area (Å²) in [6.45, 7) is 1.29. The first-order valence-corrected chi connectivity index (χ1v) is 17.2. The molecule has 0 aliphatic rings. The number of hydrogen-bond acceptors (Lipinski definition) is 5. The number of thioether (sulfide) groups is 1. The summed E-state index contributed by atoms with van der Waals surface area (Å²) in [7, 11) is -2.69. The van der Waals surface area contributed by atoms with Gasteiger partial charge in [-0.3, -0.25) is 13.9 Å². The normalized spacial score (nSPS) is 11.9. The number of carbonyl (C=O) groups is 2. The zero-order valence-electron chi connectivity index (χ0n) is 24.5. The molecule has 4 aromatic rings. The van der Waals surface area contributed by atoms with Gasteiger partial charge in [0.05, 0.1) is 10.6 Å². The first kappa shape index (κ1) is 33.4. The van der Waals surface area contributed by atoms with Gasteiger partial charge in [-0.2, -0.15) is 0 Å². The van der Waals surface area contributed by atoms with E-state index in [4.69, 9.17) is 23.2 Å². The number of anilines is 1. The van der Waals surface area contributed by atoms with Gasteiger partial charge in [-0.1, -0.05) is 77.3 Å². The number of halogens is 2. The van der Waals surface area contributed by atoms with E-state index in [1.54, 1.807) is 54.6 Å². The van der Waals surface area contributed by atoms with E-state index in [1.807, 2.05) is 43.5 Å². The van der Waals surface area contributed by atoms with Crippen LogP contribution in [0.4, 0.5) is 5.69 Å². The van der Waals surface area contributed by atoms with E-state index < -0.39 is 34.4 Å². The van der Waals surface area contributed by atoms with E-state index in [1.165, 1.54) is 35.8 Å². The van der Waals surface area contributed by atoms with Gasteiger partial charge in [0, 0.05) is 35.0 Å². The third-order valence-corrected chi connectivity index (χ3v) is 10.2. The monoisotopic (exact) mass is 669 g/mol. The summed E-state index contributed by atoms with van der Waals surface area (Å²) < 4.78 is 29.3. The largest absolute Gasteiger partial charge is 0.357 e. The molecule has 0 saturated heterocycles. The number of hydrogen-bond donors (Lipinski definition) is 1. The molecule has 230 valence electrons. The van der Waals surface area contributed by atoms with Crippen LogP contribution in [0.1, 0.15) is 16.7 Å². The van der Waals surface area contributed by atoms with Crippen molar-refractivity contribution in [3.63, 3.8) is 0 Å². The van der Waals surface area contributed by atoms with Crippen LogP contribution in [0.25, 0.3) is 0 Å². The Bertz CT molecular complexity index is 1700. The molecule has 4 aromatic carbocycles. The highest BCUT2D eigenvalue weighted by molar-refractivity contribution is 7.98. The minimum atomic E-state index is -4.19. The van der Waals surface area contributed by atoms with Gasteiger partial charge in [0.15, 0.2) is 0 Å². The van der Waals surface area contributed by atoms with Crippen LogP contribution in [-0.2, 0) is 32.6 Å². The third-order valence-electron chi connectivity index (χ3n) is 7.12. The predicted molar refractivity (Wildman–Crippen MR) is 179 cm³/mol. The van der Waals surface area contributed by atoms with Gasteiger partial charge >= 0.3 is 0 Å². The molecule has 1 atom stereocenters. The van der Waals surface area contributed by atoms with Gasteiger partial charge in [-0.25, -0.2) is 8.42 Å². The minimum absolute atomic E-state index is 0.0445. The zero-order chi connectivity index (χ0) is 31.9. The van der Waals surface area contributed by atoms with E-state index >= 15 is 0 Å². The van der Waals surface area contributed by atoms with Crippen LogP contribution in [0.2, 0.25) is 10.0 Å². The van der Waals surface area contributed by atoms with Gasteiger partial charge in [0.1, 0.15) is 12.6 Å². The lowest BCUT2D eigenvalue weighted by Gasteiger charge is -2.33. The van der Waals surface area contributed by atoms with Gasteiger partial charge in [0.25, 0.3) is 10.0 Å². The van der Waals surface area contributed by atoms with E-state index in [0.717, 1.165) is 20.3 Å². The Balaban J connectivity index is 1.80. The van der Waals surface area contributed by atoms with E-state index in [2.05, 4.69) is 5.32 Å². The number of nitrogens with one attached hydrogen (secondary N) is 1. The second kappa shape index (κ2) is 15.0. The van der Waals surface area contributed by atoms with Crippen LogP contribution >= 0.6 is 35.0 Å². The number of aryl methyl sites for hydroxylation is 1. The summed E-state index contributed by atoms with van der Waals surface area (Å²) in [5.74, 6) is -0.977. The fraction of sp³-hybridized carbons (Fsp3) is 0.212. The molecule has 0 fully saturated rings. The van der Waals surface area contributed by atoms with Crippen molar-refractivity contribution >= 4 is 62.5 Å². The number of rotatable bonds is 12. The standard InChI is InChI=1S/C33H33Cl2N3O4S2/c1-23-9-13-27(14-10-23)38(44(41,42)29-17-15-28(43-3)16-18-29)22-32(39)37(21-25-11-12-26(34)20-30(25)35)31(33(40)36-2)19-24-7-5-4-6-8-24/h4-18,20,31H,19,21-22H2,1-3H3,(H,36,40)/t31-/m0/s1. The summed E-state index contributed by atoms with van der Waals surface area (Å²) in [6.07, 6.45) is 2.10. The van der Waals surface area contributed by atoms with Crippen LogP contribution in [0.3, 0.4) is 0 Å². The van der Waals surface area contributed by atoms with Crippen molar-refractivity contribution in [1.29, 1.82) is 0 Å². The molecule has 0 aliphatic carbocycles. The Kier molecular flexibility index (Phi) is 11.4. The minimum Gasteiger partial charge on any atom is -0.357 e. The second-order valence-corrected chi connectivity index (χ2v) is 13.7. The lowest BCUT2D eigenvalue weighted by Crippen LogP contribution is -2.53. The van der Waals surface area contributed by atoms with Crippen LogP contribution in [-0.4, -0.2) is 51.0 Å². The van der Waals surface area contributed by atoms with Crippen molar-refractivity contribution < 1.29 is 18.0 Å². The number of sulfonamides is 1. The fourth-order valence-corrected chi connectivity index (χ4v) is 6.96. The number of benzene rings is 4. The molecular weight excluding hydrogens is 637 g/mol. The second-order valence-electron chi connectivity index (χ2n) is 10.1. The Morgan fingerprint density at radius 1 is 0.909 bits per heavy atom. The topological polar surface area (TPSA) is 86.8 Å². The maximum atomic E-state index is 14.4. The number of carbonyl (C=O) groups excluding carboxylic acids is 2. The molecule has 1 N–H and O–H groups in total. The predicted octanol–water partition coefficient (Wildman–Crippen LogP) is 6.61. The Hall–Kier alpha value is -3.50. The Morgan fingerprint density at radius 2 is 1.57 bits per heavy atom. The van der Waals surface area contributed by atoms with Gasteiger partial charge in [0.2, 0.25) is 11.8 Å². The molecule has 2 amide bonds. The molecule has 0 saturated carbocycles. The molecular formula is C33H33Cl2N3O4S2. The van der Waals surface area contributed by atoms with Crippen LogP contribution in [0.5, 0.6) is 0 Å². The quantitative estimate of drug-likeness (QED) is 0.172. The third kappa shape index (κ3) is 8.15. The average Bonchev–Trinajstić information content (AvgIpc) is 3.03. The van der Waals surface area contributed by atoms with Crippen LogP contribution < -0.4 is 9.62 Å². The lowest BCUT2D eigenvalue weighted by atomic mass is 10.0. The van der Waals surface area contributed by atoms with Gasteiger partial charge in [-0.05, 0) is 72.8 Å². The molecule has 0 unspecified atom stereocenters. The smallest absolute Gasteiger partial charge is 0.264 e. The molecule has 44 heavy (non-hydrogen) atoms. The lowest BCUT2D eigenvalue weighted by molar-refractivity contribution is -0.139. The van der Waals surface area contributed by atoms with Gasteiger partial charge < -0.3 is 10.2 Å². The van der Waals surface area contributed by atoms with Crippen molar-refractivity contribution in [2.24, 2.45) is 0 Å². The van der Waals surface area contributed by atoms with E-state index in [0.29, 0.717) is 21.3 Å². The SMILES string of the molecule is CNC(=O)[C@H](Cc1ccccc1)N(Cc1ccc(Cl)cc1Cl)C(=O)CN(c1ccc(C)cc1)S(=O)(=O)c1ccc(SC)cc1. The average molecular weight is 671 g/mol.